The molecule has 0 aliphatic heterocycles. The fourth-order valence-electron chi connectivity index (χ4n) is 2.90. The molecule has 0 unspecified atom stereocenters. The van der Waals surface area contributed by atoms with Crippen LogP contribution < -0.4 is 10.5 Å². The number of fused-ring (bicyclic) bond motifs is 1. The smallest absolute Gasteiger partial charge is 0.166 e. The van der Waals surface area contributed by atoms with Gasteiger partial charge in [0.05, 0.1) is 19.2 Å². The van der Waals surface area contributed by atoms with Crippen molar-refractivity contribution in [2.75, 3.05) is 12.8 Å². The standard InChI is InChI=1S/C19H17N5O/c1-25-15-10-6-5-9-14(15)18-23-16-17(20)21-12-22-19(16)24(18)11-13-7-3-2-4-8-13/h2-10,12H,11H2,1H3,(H2,20,21,22). The maximum absolute atomic E-state index is 6.02. The largest absolute Gasteiger partial charge is 0.496 e. The third kappa shape index (κ3) is 2.67. The summed E-state index contributed by atoms with van der Waals surface area (Å²) in [5, 5.41) is 0. The van der Waals surface area contributed by atoms with Gasteiger partial charge in [0.2, 0.25) is 0 Å². The Morgan fingerprint density at radius 3 is 2.56 bits per heavy atom. The summed E-state index contributed by atoms with van der Waals surface area (Å²) < 4.78 is 7.55. The minimum atomic E-state index is 0.368. The van der Waals surface area contributed by atoms with E-state index in [0.717, 1.165) is 22.7 Å². The number of anilines is 1. The van der Waals surface area contributed by atoms with E-state index in [0.29, 0.717) is 23.5 Å². The molecule has 2 N–H and O–H groups in total. The number of rotatable bonds is 4. The molecule has 0 fully saturated rings. The second-order valence-corrected chi connectivity index (χ2v) is 5.64. The van der Waals surface area contributed by atoms with Gasteiger partial charge in [0, 0.05) is 0 Å². The van der Waals surface area contributed by atoms with Crippen LogP contribution in [0.4, 0.5) is 5.82 Å². The Kier molecular flexibility index (Phi) is 3.78. The van der Waals surface area contributed by atoms with E-state index < -0.39 is 0 Å². The minimum Gasteiger partial charge on any atom is -0.496 e. The molecule has 2 heterocycles. The summed E-state index contributed by atoms with van der Waals surface area (Å²) in [5.74, 6) is 1.87. The Morgan fingerprint density at radius 2 is 1.76 bits per heavy atom. The van der Waals surface area contributed by atoms with Crippen LogP contribution >= 0.6 is 0 Å². The average Bonchev–Trinajstić information content (AvgIpc) is 3.02. The van der Waals surface area contributed by atoms with Crippen LogP contribution in [0.15, 0.2) is 60.9 Å². The summed E-state index contributed by atoms with van der Waals surface area (Å²) in [6, 6.07) is 17.9. The lowest BCUT2D eigenvalue weighted by atomic mass is 10.1. The lowest BCUT2D eigenvalue weighted by Crippen LogP contribution is -2.04. The van der Waals surface area contributed by atoms with Gasteiger partial charge in [-0.25, -0.2) is 15.0 Å². The minimum absolute atomic E-state index is 0.368. The second kappa shape index (κ2) is 6.24. The summed E-state index contributed by atoms with van der Waals surface area (Å²) in [6.07, 6.45) is 1.47. The van der Waals surface area contributed by atoms with Gasteiger partial charge < -0.3 is 15.0 Å². The van der Waals surface area contributed by atoms with Crippen LogP contribution in [0.5, 0.6) is 5.75 Å². The number of methoxy groups -OCH3 is 1. The van der Waals surface area contributed by atoms with Crippen LogP contribution in [0.1, 0.15) is 5.56 Å². The van der Waals surface area contributed by atoms with Crippen molar-refractivity contribution >= 4 is 17.0 Å². The summed E-state index contributed by atoms with van der Waals surface area (Å²) in [4.78, 5) is 13.2. The van der Waals surface area contributed by atoms with Crippen molar-refractivity contribution in [3.05, 3.63) is 66.5 Å². The van der Waals surface area contributed by atoms with Gasteiger partial charge in [0.1, 0.15) is 17.9 Å². The van der Waals surface area contributed by atoms with E-state index in [-0.39, 0.29) is 0 Å². The lowest BCUT2D eigenvalue weighted by Gasteiger charge is -2.11. The van der Waals surface area contributed by atoms with Crippen molar-refractivity contribution in [2.45, 2.75) is 6.54 Å². The van der Waals surface area contributed by atoms with Crippen LogP contribution in [0.25, 0.3) is 22.6 Å². The third-order valence-electron chi connectivity index (χ3n) is 4.09. The van der Waals surface area contributed by atoms with Gasteiger partial charge >= 0.3 is 0 Å². The summed E-state index contributed by atoms with van der Waals surface area (Å²) in [6.45, 7) is 0.626. The molecule has 25 heavy (non-hydrogen) atoms. The lowest BCUT2D eigenvalue weighted by molar-refractivity contribution is 0.416. The van der Waals surface area contributed by atoms with Crippen molar-refractivity contribution in [1.29, 1.82) is 0 Å². The van der Waals surface area contributed by atoms with E-state index in [1.165, 1.54) is 6.33 Å². The summed E-state index contributed by atoms with van der Waals surface area (Å²) >= 11 is 0. The van der Waals surface area contributed by atoms with Crippen molar-refractivity contribution in [2.24, 2.45) is 0 Å². The van der Waals surface area contributed by atoms with Crippen molar-refractivity contribution in [3.63, 3.8) is 0 Å². The maximum atomic E-state index is 6.02. The van der Waals surface area contributed by atoms with Gasteiger partial charge in [0.25, 0.3) is 0 Å². The summed E-state index contributed by atoms with van der Waals surface area (Å²) in [7, 11) is 1.65. The molecule has 124 valence electrons. The Hall–Kier alpha value is -3.41. The molecule has 4 aromatic rings. The first-order valence-electron chi connectivity index (χ1n) is 7.92. The highest BCUT2D eigenvalue weighted by molar-refractivity contribution is 5.86. The van der Waals surface area contributed by atoms with Gasteiger partial charge in [-0.1, -0.05) is 42.5 Å². The highest BCUT2D eigenvalue weighted by Gasteiger charge is 2.18. The number of nitrogen functional groups attached to an aromatic ring is 1. The molecule has 0 atom stereocenters. The number of aromatic nitrogens is 4. The first-order valence-corrected chi connectivity index (χ1v) is 7.92. The molecule has 0 amide bonds. The number of imidazole rings is 1. The van der Waals surface area contributed by atoms with E-state index in [2.05, 4.69) is 22.1 Å². The molecule has 4 rings (SSSR count). The predicted molar refractivity (Wildman–Crippen MR) is 97.3 cm³/mol. The monoisotopic (exact) mass is 331 g/mol. The Bertz CT molecular complexity index is 1030. The average molecular weight is 331 g/mol. The first kappa shape index (κ1) is 15.1. The Balaban J connectivity index is 1.97. The number of nitrogens with two attached hydrogens (primary N) is 1. The fraction of sp³-hybridized carbons (Fsp3) is 0.105. The van der Waals surface area contributed by atoms with Gasteiger partial charge in [0.15, 0.2) is 17.0 Å². The Labute approximate surface area is 144 Å². The SMILES string of the molecule is COc1ccccc1-c1nc2c(N)ncnc2n1Cc1ccccc1. The van der Waals surface area contributed by atoms with Crippen molar-refractivity contribution in [1.82, 2.24) is 19.5 Å². The molecule has 2 aromatic carbocycles. The molecule has 6 nitrogen and oxygen atoms in total. The highest BCUT2D eigenvalue weighted by Crippen LogP contribution is 2.32. The molecule has 0 saturated heterocycles. The van der Waals surface area contributed by atoms with Crippen LogP contribution in [-0.4, -0.2) is 26.6 Å². The maximum Gasteiger partial charge on any atom is 0.166 e. The first-order chi connectivity index (χ1) is 12.3. The molecule has 0 aliphatic rings. The quantitative estimate of drug-likeness (QED) is 0.621. The van der Waals surface area contributed by atoms with Gasteiger partial charge in [-0.15, -0.1) is 0 Å². The molecule has 0 bridgehead atoms. The van der Waals surface area contributed by atoms with E-state index >= 15 is 0 Å². The van der Waals surface area contributed by atoms with E-state index in [4.69, 9.17) is 15.5 Å². The predicted octanol–water partition coefficient (Wildman–Crippen LogP) is 3.13. The zero-order valence-electron chi connectivity index (χ0n) is 13.8. The number of ether oxygens (including phenoxy) is 1. The molecular weight excluding hydrogens is 314 g/mol. The zero-order valence-corrected chi connectivity index (χ0v) is 13.8. The van der Waals surface area contributed by atoms with E-state index in [1.54, 1.807) is 7.11 Å². The van der Waals surface area contributed by atoms with Crippen LogP contribution in [0.2, 0.25) is 0 Å². The molecule has 2 aromatic heterocycles. The summed E-state index contributed by atoms with van der Waals surface area (Å²) in [5.41, 5.74) is 9.36. The van der Waals surface area contributed by atoms with Crippen molar-refractivity contribution in [3.8, 4) is 17.1 Å². The number of nitrogens with zero attached hydrogens (tertiary/aromatic N) is 4. The number of para-hydroxylation sites is 1. The van der Waals surface area contributed by atoms with Crippen LogP contribution in [0, 0.1) is 0 Å². The number of hydrogen-bond donors (Lipinski definition) is 1. The van der Waals surface area contributed by atoms with Gasteiger partial charge in [-0.3, -0.25) is 0 Å². The van der Waals surface area contributed by atoms with Crippen molar-refractivity contribution < 1.29 is 4.74 Å². The second-order valence-electron chi connectivity index (χ2n) is 5.64. The molecule has 0 saturated carbocycles. The molecule has 0 spiro atoms. The number of hydrogen-bond acceptors (Lipinski definition) is 5. The van der Waals surface area contributed by atoms with Crippen LogP contribution in [0.3, 0.4) is 0 Å². The fourth-order valence-corrected chi connectivity index (χ4v) is 2.90. The third-order valence-corrected chi connectivity index (χ3v) is 4.09. The molecule has 0 aliphatic carbocycles. The topological polar surface area (TPSA) is 78.8 Å². The van der Waals surface area contributed by atoms with Gasteiger partial charge in [-0.2, -0.15) is 0 Å². The normalized spacial score (nSPS) is 10.9. The van der Waals surface area contributed by atoms with E-state index in [1.807, 2.05) is 47.0 Å². The highest BCUT2D eigenvalue weighted by atomic mass is 16.5. The molecule has 0 radical (unpaired) electrons. The molecule has 6 heteroatoms. The number of benzene rings is 2. The Morgan fingerprint density at radius 1 is 1.00 bits per heavy atom. The molecular formula is C19H17N5O. The zero-order chi connectivity index (χ0) is 17.2. The van der Waals surface area contributed by atoms with Crippen LogP contribution in [-0.2, 0) is 6.54 Å². The van der Waals surface area contributed by atoms with Gasteiger partial charge in [-0.05, 0) is 17.7 Å². The van der Waals surface area contributed by atoms with E-state index in [9.17, 15) is 0 Å².